The maximum atomic E-state index is 5.60. The summed E-state index contributed by atoms with van der Waals surface area (Å²) < 4.78 is 0. The molecule has 0 bridgehead atoms. The minimum absolute atomic E-state index is 0. The van der Waals surface area contributed by atoms with Crippen LogP contribution in [0.4, 0.5) is 4.70 Å². The van der Waals surface area contributed by atoms with Gasteiger partial charge in [-0.25, -0.2) is 4.98 Å². The van der Waals surface area contributed by atoms with E-state index in [2.05, 4.69) is 9.97 Å². The highest BCUT2D eigenvalue weighted by atomic mass is 35.5. The first-order valence-electron chi connectivity index (χ1n) is 3.40. The average molecular weight is 187 g/mol. The van der Waals surface area contributed by atoms with E-state index in [1.54, 1.807) is 0 Å². The van der Waals surface area contributed by atoms with Crippen LogP contribution >= 0.6 is 11.6 Å². The van der Waals surface area contributed by atoms with Gasteiger partial charge in [-0.3, -0.25) is 4.70 Å². The van der Waals surface area contributed by atoms with Crippen molar-refractivity contribution in [1.29, 1.82) is 0 Å². The minimum atomic E-state index is 0. The van der Waals surface area contributed by atoms with Crippen LogP contribution in [0.5, 0.6) is 0 Å². The molecule has 0 atom stereocenters. The topological polar surface area (TPSA) is 28.7 Å². The summed E-state index contributed by atoms with van der Waals surface area (Å²) in [7, 11) is 0. The van der Waals surface area contributed by atoms with E-state index in [4.69, 9.17) is 11.6 Å². The Kier molecular flexibility index (Phi) is 2.65. The van der Waals surface area contributed by atoms with Gasteiger partial charge in [-0.2, -0.15) is 0 Å². The third-order valence-electron chi connectivity index (χ3n) is 1.56. The summed E-state index contributed by atoms with van der Waals surface area (Å²) in [5.74, 6) is 1.27. The number of alkyl halides is 1. The van der Waals surface area contributed by atoms with Crippen LogP contribution in [0.3, 0.4) is 0 Å². The predicted molar refractivity (Wildman–Crippen MR) is 48.2 cm³/mol. The first kappa shape index (κ1) is 9.00. The molecule has 0 spiro atoms. The van der Waals surface area contributed by atoms with Crippen molar-refractivity contribution in [2.24, 2.45) is 0 Å². The van der Waals surface area contributed by atoms with Gasteiger partial charge in [-0.05, 0) is 12.1 Å². The Morgan fingerprint density at radius 3 is 2.75 bits per heavy atom. The number of hydrogen-bond acceptors (Lipinski definition) is 1. The van der Waals surface area contributed by atoms with Gasteiger partial charge in [-0.1, -0.05) is 12.1 Å². The maximum absolute atomic E-state index is 5.60. The lowest BCUT2D eigenvalue weighted by atomic mass is 10.3. The second kappa shape index (κ2) is 3.54. The molecule has 4 heteroatoms. The molecule has 0 saturated heterocycles. The van der Waals surface area contributed by atoms with Gasteiger partial charge in [0.2, 0.25) is 0 Å². The van der Waals surface area contributed by atoms with Crippen LogP contribution in [0.15, 0.2) is 24.3 Å². The van der Waals surface area contributed by atoms with E-state index in [0.717, 1.165) is 16.9 Å². The van der Waals surface area contributed by atoms with Gasteiger partial charge in [0.1, 0.15) is 5.82 Å². The van der Waals surface area contributed by atoms with Crippen LogP contribution in [0, 0.1) is 0 Å². The van der Waals surface area contributed by atoms with Gasteiger partial charge in [0.05, 0.1) is 16.9 Å². The molecule has 0 aliphatic heterocycles. The fraction of sp³-hybridized carbons (Fsp3) is 0.125. The highest BCUT2D eigenvalue weighted by molar-refractivity contribution is 6.16. The molecule has 2 nitrogen and oxygen atoms in total. The summed E-state index contributed by atoms with van der Waals surface area (Å²) in [4.78, 5) is 7.35. The Bertz CT molecular complexity index is 339. The Labute approximate surface area is 73.9 Å². The van der Waals surface area contributed by atoms with E-state index >= 15 is 0 Å². The van der Waals surface area contributed by atoms with Gasteiger partial charge in [0.25, 0.3) is 0 Å². The van der Waals surface area contributed by atoms with E-state index in [1.165, 1.54) is 0 Å². The Balaban J connectivity index is 0.000000720. The zero-order chi connectivity index (χ0) is 7.68. The summed E-state index contributed by atoms with van der Waals surface area (Å²) >= 11 is 5.60. The molecule has 12 heavy (non-hydrogen) atoms. The summed E-state index contributed by atoms with van der Waals surface area (Å²) in [5, 5.41) is 0. The number of fused-ring (bicyclic) bond motifs is 1. The van der Waals surface area contributed by atoms with Crippen LogP contribution in [-0.2, 0) is 5.88 Å². The van der Waals surface area contributed by atoms with Gasteiger partial charge < -0.3 is 4.98 Å². The van der Waals surface area contributed by atoms with E-state index < -0.39 is 0 Å². The second-order valence-corrected chi connectivity index (χ2v) is 2.60. The Morgan fingerprint density at radius 2 is 2.08 bits per heavy atom. The average Bonchev–Trinajstić information content (AvgIpc) is 2.46. The molecule has 0 saturated carbocycles. The third kappa shape index (κ3) is 1.41. The van der Waals surface area contributed by atoms with Crippen molar-refractivity contribution in [1.82, 2.24) is 9.97 Å². The summed E-state index contributed by atoms with van der Waals surface area (Å²) in [5.41, 5.74) is 2.02. The van der Waals surface area contributed by atoms with E-state index in [1.807, 2.05) is 24.3 Å². The molecule has 1 aromatic heterocycles. The van der Waals surface area contributed by atoms with Crippen molar-refractivity contribution in [3.05, 3.63) is 30.1 Å². The number of H-pyrrole nitrogens is 1. The monoisotopic (exact) mass is 186 g/mol. The zero-order valence-electron chi connectivity index (χ0n) is 6.25. The van der Waals surface area contributed by atoms with Crippen molar-refractivity contribution >= 4 is 22.6 Å². The highest BCUT2D eigenvalue weighted by Crippen LogP contribution is 2.10. The molecule has 0 fully saturated rings. The first-order chi connectivity index (χ1) is 5.40. The van der Waals surface area contributed by atoms with Crippen LogP contribution in [0.1, 0.15) is 5.82 Å². The van der Waals surface area contributed by atoms with Crippen molar-refractivity contribution < 1.29 is 4.70 Å². The number of rotatable bonds is 1. The summed E-state index contributed by atoms with van der Waals surface area (Å²) in [6.45, 7) is 0. The number of halogens is 2. The van der Waals surface area contributed by atoms with Gasteiger partial charge >= 0.3 is 0 Å². The first-order valence-corrected chi connectivity index (χ1v) is 3.93. The molecule has 1 heterocycles. The van der Waals surface area contributed by atoms with Crippen molar-refractivity contribution in [2.75, 3.05) is 0 Å². The van der Waals surface area contributed by atoms with Crippen LogP contribution < -0.4 is 0 Å². The minimum Gasteiger partial charge on any atom is -0.341 e. The maximum Gasteiger partial charge on any atom is 0.122 e. The number of para-hydroxylation sites is 2. The molecular weight excluding hydrogens is 179 g/mol. The van der Waals surface area contributed by atoms with Gasteiger partial charge in [-0.15, -0.1) is 11.6 Å². The molecule has 2 rings (SSSR count). The molecule has 2 aromatic rings. The number of nitrogens with zero attached hydrogens (tertiary/aromatic N) is 1. The molecule has 0 radical (unpaired) electrons. The molecule has 0 aliphatic rings. The summed E-state index contributed by atoms with van der Waals surface area (Å²) in [6.07, 6.45) is 0. The SMILES string of the molecule is ClCc1nc2ccccc2[nH]1.F. The van der Waals surface area contributed by atoms with Gasteiger partial charge in [0.15, 0.2) is 0 Å². The van der Waals surface area contributed by atoms with E-state index in [0.29, 0.717) is 5.88 Å². The van der Waals surface area contributed by atoms with Crippen molar-refractivity contribution in [3.63, 3.8) is 0 Å². The number of aromatic nitrogens is 2. The Hall–Kier alpha value is -1.09. The molecule has 0 aliphatic carbocycles. The number of benzene rings is 1. The largest absolute Gasteiger partial charge is 0.341 e. The van der Waals surface area contributed by atoms with Crippen LogP contribution in [0.2, 0.25) is 0 Å². The van der Waals surface area contributed by atoms with Crippen LogP contribution in [0.25, 0.3) is 11.0 Å². The molecule has 1 aromatic carbocycles. The predicted octanol–water partition coefficient (Wildman–Crippen LogP) is 2.45. The molecular formula is C8H8ClFN2. The molecule has 0 unspecified atom stereocenters. The quantitative estimate of drug-likeness (QED) is 0.681. The highest BCUT2D eigenvalue weighted by Gasteiger charge is 1.98. The van der Waals surface area contributed by atoms with E-state index in [9.17, 15) is 0 Å². The van der Waals surface area contributed by atoms with Crippen molar-refractivity contribution in [3.8, 4) is 0 Å². The molecule has 1 N–H and O–H groups in total. The van der Waals surface area contributed by atoms with Gasteiger partial charge in [0, 0.05) is 0 Å². The normalized spacial score (nSPS) is 9.75. The van der Waals surface area contributed by atoms with Crippen LogP contribution in [-0.4, -0.2) is 9.97 Å². The lowest BCUT2D eigenvalue weighted by Crippen LogP contribution is -1.76. The van der Waals surface area contributed by atoms with E-state index in [-0.39, 0.29) is 4.70 Å². The fourth-order valence-electron chi connectivity index (χ4n) is 1.07. The lowest BCUT2D eigenvalue weighted by molar-refractivity contribution is 1.11. The second-order valence-electron chi connectivity index (χ2n) is 2.33. The lowest BCUT2D eigenvalue weighted by Gasteiger charge is -1.81. The molecule has 64 valence electrons. The summed E-state index contributed by atoms with van der Waals surface area (Å²) in [6, 6.07) is 7.87. The zero-order valence-corrected chi connectivity index (χ0v) is 7.01. The fourth-order valence-corrected chi connectivity index (χ4v) is 1.20. The Morgan fingerprint density at radius 1 is 1.33 bits per heavy atom. The number of imidazole rings is 1. The number of hydrogen-bond donors (Lipinski definition) is 1. The third-order valence-corrected chi connectivity index (χ3v) is 1.82. The number of aromatic amines is 1. The molecule has 0 amide bonds. The number of nitrogens with one attached hydrogen (secondary N) is 1. The smallest absolute Gasteiger partial charge is 0.122 e. The standard InChI is InChI=1S/C8H7ClN2.FH/c9-5-8-10-6-3-1-2-4-7(6)11-8;/h1-4H,5H2,(H,10,11);1H. The van der Waals surface area contributed by atoms with Crippen molar-refractivity contribution in [2.45, 2.75) is 5.88 Å².